The molecule has 2 atom stereocenters. The number of ether oxygens (including phenoxy) is 2. The molecular weight excluding hydrogens is 198 g/mol. The summed E-state index contributed by atoms with van der Waals surface area (Å²) in [6, 6.07) is 0. The molecule has 2 rings (SSSR count). The van der Waals surface area contributed by atoms with Crippen molar-refractivity contribution >= 4 is 5.91 Å². The summed E-state index contributed by atoms with van der Waals surface area (Å²) in [7, 11) is 0. The van der Waals surface area contributed by atoms with Crippen LogP contribution in [-0.2, 0) is 14.3 Å². The number of hydrogen-bond acceptors (Lipinski definition) is 4. The molecule has 2 aliphatic heterocycles. The fourth-order valence-corrected chi connectivity index (χ4v) is 2.01. The van der Waals surface area contributed by atoms with Crippen molar-refractivity contribution in [3.05, 3.63) is 0 Å². The van der Waals surface area contributed by atoms with Gasteiger partial charge in [0.2, 0.25) is 5.91 Å². The van der Waals surface area contributed by atoms with Crippen molar-refractivity contribution in [3.63, 3.8) is 0 Å². The minimum absolute atomic E-state index is 0.0200. The molecule has 5 heteroatoms. The van der Waals surface area contributed by atoms with Crippen LogP contribution >= 0.6 is 0 Å². The predicted molar refractivity (Wildman–Crippen MR) is 52.3 cm³/mol. The van der Waals surface area contributed by atoms with Gasteiger partial charge < -0.3 is 19.5 Å². The quantitative estimate of drug-likeness (QED) is 0.672. The van der Waals surface area contributed by atoms with Gasteiger partial charge in [0.1, 0.15) is 6.61 Å². The third-order valence-electron chi connectivity index (χ3n) is 2.93. The number of carbonyl (C=O) groups is 1. The van der Waals surface area contributed by atoms with E-state index in [1.807, 2.05) is 0 Å². The highest BCUT2D eigenvalue weighted by molar-refractivity contribution is 5.78. The number of amides is 1. The fourth-order valence-electron chi connectivity index (χ4n) is 2.01. The molecule has 0 aromatic rings. The van der Waals surface area contributed by atoms with Gasteiger partial charge >= 0.3 is 0 Å². The first-order valence-electron chi connectivity index (χ1n) is 5.37. The molecule has 86 valence electrons. The van der Waals surface area contributed by atoms with Crippen LogP contribution in [0.25, 0.3) is 0 Å². The number of carbonyl (C=O) groups excluding carboxylic acids is 1. The van der Waals surface area contributed by atoms with Gasteiger partial charge in [-0.2, -0.15) is 0 Å². The van der Waals surface area contributed by atoms with E-state index >= 15 is 0 Å². The van der Waals surface area contributed by atoms with Crippen LogP contribution in [0.4, 0.5) is 0 Å². The molecule has 0 aromatic heterocycles. The maximum atomic E-state index is 11.5. The summed E-state index contributed by atoms with van der Waals surface area (Å²) in [4.78, 5) is 13.3. The van der Waals surface area contributed by atoms with Crippen molar-refractivity contribution in [2.75, 3.05) is 39.5 Å². The van der Waals surface area contributed by atoms with Crippen molar-refractivity contribution in [2.45, 2.75) is 12.5 Å². The first-order valence-corrected chi connectivity index (χ1v) is 5.37. The van der Waals surface area contributed by atoms with E-state index in [2.05, 4.69) is 0 Å². The zero-order chi connectivity index (χ0) is 10.7. The Balaban J connectivity index is 1.85. The van der Waals surface area contributed by atoms with Crippen LogP contribution in [0.15, 0.2) is 0 Å². The van der Waals surface area contributed by atoms with Crippen LogP contribution in [0.2, 0.25) is 0 Å². The molecule has 0 spiro atoms. The Kier molecular flexibility index (Phi) is 3.56. The number of rotatable bonds is 3. The zero-order valence-corrected chi connectivity index (χ0v) is 8.72. The molecule has 0 aromatic carbocycles. The Morgan fingerprint density at radius 3 is 3.07 bits per heavy atom. The molecule has 0 saturated carbocycles. The number of aliphatic hydroxyl groups excluding tert-OH is 1. The highest BCUT2D eigenvalue weighted by Gasteiger charge is 2.28. The fraction of sp³-hybridized carbons (Fsp3) is 0.900. The zero-order valence-electron chi connectivity index (χ0n) is 8.72. The lowest BCUT2D eigenvalue weighted by molar-refractivity contribution is -0.151. The molecule has 5 nitrogen and oxygen atoms in total. The molecule has 15 heavy (non-hydrogen) atoms. The van der Waals surface area contributed by atoms with Gasteiger partial charge in [-0.05, 0) is 6.42 Å². The number of aliphatic hydroxyl groups is 1. The van der Waals surface area contributed by atoms with Gasteiger partial charge in [-0.3, -0.25) is 4.79 Å². The van der Waals surface area contributed by atoms with Gasteiger partial charge in [0.05, 0.1) is 19.3 Å². The van der Waals surface area contributed by atoms with E-state index in [1.54, 1.807) is 4.90 Å². The third kappa shape index (κ3) is 2.68. The molecule has 2 aliphatic rings. The van der Waals surface area contributed by atoms with Crippen molar-refractivity contribution in [3.8, 4) is 0 Å². The Labute approximate surface area is 89.0 Å². The van der Waals surface area contributed by atoms with Gasteiger partial charge in [-0.25, -0.2) is 0 Å². The normalized spacial score (nSPS) is 32.3. The van der Waals surface area contributed by atoms with E-state index in [4.69, 9.17) is 14.6 Å². The summed E-state index contributed by atoms with van der Waals surface area (Å²) >= 11 is 0. The molecular formula is C10H17NO4. The third-order valence-corrected chi connectivity index (χ3v) is 2.93. The van der Waals surface area contributed by atoms with E-state index < -0.39 is 0 Å². The molecule has 0 radical (unpaired) electrons. The monoisotopic (exact) mass is 215 g/mol. The van der Waals surface area contributed by atoms with E-state index in [1.165, 1.54) is 0 Å². The Hall–Kier alpha value is -0.650. The van der Waals surface area contributed by atoms with Gasteiger partial charge in [0, 0.05) is 25.6 Å². The van der Waals surface area contributed by atoms with E-state index in [-0.39, 0.29) is 25.2 Å². The van der Waals surface area contributed by atoms with E-state index in [9.17, 15) is 4.79 Å². The molecule has 2 fully saturated rings. The SMILES string of the molecule is O=C1COC(CO)CN1CC1CCOC1. The lowest BCUT2D eigenvalue weighted by atomic mass is 10.1. The second kappa shape index (κ2) is 4.92. The topological polar surface area (TPSA) is 59.0 Å². The molecule has 2 saturated heterocycles. The smallest absolute Gasteiger partial charge is 0.248 e. The van der Waals surface area contributed by atoms with Crippen LogP contribution in [0, 0.1) is 5.92 Å². The highest BCUT2D eigenvalue weighted by atomic mass is 16.5. The summed E-state index contributed by atoms with van der Waals surface area (Å²) in [5.74, 6) is 0.470. The molecule has 1 N–H and O–H groups in total. The van der Waals surface area contributed by atoms with Crippen LogP contribution in [-0.4, -0.2) is 61.5 Å². The largest absolute Gasteiger partial charge is 0.394 e. The first kappa shape index (κ1) is 10.9. The van der Waals surface area contributed by atoms with E-state index in [0.717, 1.165) is 26.2 Å². The molecule has 2 unspecified atom stereocenters. The van der Waals surface area contributed by atoms with Crippen LogP contribution in [0.1, 0.15) is 6.42 Å². The van der Waals surface area contributed by atoms with Crippen molar-refractivity contribution in [1.82, 2.24) is 4.90 Å². The summed E-state index contributed by atoms with van der Waals surface area (Å²) in [6.07, 6.45) is 0.805. The maximum Gasteiger partial charge on any atom is 0.248 e. The summed E-state index contributed by atoms with van der Waals surface area (Å²) in [5.41, 5.74) is 0. The van der Waals surface area contributed by atoms with Gasteiger partial charge in [-0.15, -0.1) is 0 Å². The number of hydrogen-bond donors (Lipinski definition) is 1. The van der Waals surface area contributed by atoms with Crippen LogP contribution in [0.5, 0.6) is 0 Å². The summed E-state index contributed by atoms with van der Waals surface area (Å²) in [6.45, 7) is 2.86. The van der Waals surface area contributed by atoms with Crippen LogP contribution < -0.4 is 0 Å². The average Bonchev–Trinajstić information content (AvgIpc) is 2.74. The van der Waals surface area contributed by atoms with Gasteiger partial charge in [-0.1, -0.05) is 0 Å². The summed E-state index contributed by atoms with van der Waals surface area (Å²) in [5, 5.41) is 8.97. The number of morpholine rings is 1. The lowest BCUT2D eigenvalue weighted by Crippen LogP contribution is -2.49. The second-order valence-corrected chi connectivity index (χ2v) is 4.14. The molecule has 0 aliphatic carbocycles. The van der Waals surface area contributed by atoms with Gasteiger partial charge in [0.15, 0.2) is 0 Å². The van der Waals surface area contributed by atoms with Crippen molar-refractivity contribution < 1.29 is 19.4 Å². The predicted octanol–water partition coefficient (Wildman–Crippen LogP) is -0.757. The lowest BCUT2D eigenvalue weighted by Gasteiger charge is -2.33. The second-order valence-electron chi connectivity index (χ2n) is 4.14. The molecule has 1 amide bonds. The Morgan fingerprint density at radius 2 is 2.40 bits per heavy atom. The molecule has 2 heterocycles. The summed E-state index contributed by atoms with van der Waals surface area (Å²) < 4.78 is 10.4. The van der Waals surface area contributed by atoms with Crippen LogP contribution in [0.3, 0.4) is 0 Å². The van der Waals surface area contributed by atoms with Crippen molar-refractivity contribution in [2.24, 2.45) is 5.92 Å². The molecule has 0 bridgehead atoms. The standard InChI is InChI=1S/C10H17NO4/c12-5-9-4-11(10(13)7-15-9)3-8-1-2-14-6-8/h8-9,12H,1-7H2. The number of nitrogens with zero attached hydrogens (tertiary/aromatic N) is 1. The first-order chi connectivity index (χ1) is 7.29. The van der Waals surface area contributed by atoms with Crippen molar-refractivity contribution in [1.29, 1.82) is 0 Å². The Bertz CT molecular complexity index is 227. The minimum atomic E-state index is -0.218. The maximum absolute atomic E-state index is 11.5. The average molecular weight is 215 g/mol. The Morgan fingerprint density at radius 1 is 1.53 bits per heavy atom. The minimum Gasteiger partial charge on any atom is -0.394 e. The highest BCUT2D eigenvalue weighted by Crippen LogP contribution is 2.16. The van der Waals surface area contributed by atoms with E-state index in [0.29, 0.717) is 12.5 Å². The van der Waals surface area contributed by atoms with Gasteiger partial charge in [0.25, 0.3) is 0 Å².